The predicted molar refractivity (Wildman–Crippen MR) is 247 cm³/mol. The standard InChI is InChI=1S/C48H74O6SSi2/c1-36(30-31-53-56(14,15)46(5,6)7)48(11,12)43(49)33-39(52-35-37-26-28-38(51-13)29-27-37)32-40(34-44(50)55-45(2,3)4)54-57(47(8,9)10,41-22-18-16-19-23-41)42-24-20-17-21-25-42/h16-29,39-40,43,49H,1,30-35H2,2-15H3/t39-,40-,43+/m1/s1. The van der Waals surface area contributed by atoms with Crippen molar-refractivity contribution in [1.82, 2.24) is 0 Å². The Hall–Kier alpha value is -2.51. The molecule has 1 N–H and O–H groups in total. The van der Waals surface area contributed by atoms with Crippen LogP contribution in [0.15, 0.2) is 97.1 Å². The fourth-order valence-corrected chi connectivity index (χ4v) is 13.6. The van der Waals surface area contributed by atoms with E-state index < -0.39 is 40.4 Å². The molecule has 9 heteroatoms. The number of thioether (sulfide) groups is 1. The summed E-state index contributed by atoms with van der Waals surface area (Å²) in [6, 6.07) is 29.0. The highest BCUT2D eigenvalue weighted by atomic mass is 32.2. The number of aliphatic hydroxyl groups excluding tert-OH is 1. The number of carbonyl (C=O) groups excluding carboxylic acids is 1. The van der Waals surface area contributed by atoms with E-state index in [2.05, 4.69) is 144 Å². The van der Waals surface area contributed by atoms with Crippen molar-refractivity contribution in [3.05, 3.63) is 103 Å². The van der Waals surface area contributed by atoms with Gasteiger partial charge in [0.1, 0.15) is 5.75 Å². The molecule has 0 aliphatic heterocycles. The van der Waals surface area contributed by atoms with Crippen molar-refractivity contribution in [2.24, 2.45) is 5.41 Å². The Labute approximate surface area is 352 Å². The number of carbonyl (C=O) groups is 1. The van der Waals surface area contributed by atoms with Gasteiger partial charge in [0.2, 0.25) is 0 Å². The van der Waals surface area contributed by atoms with E-state index in [4.69, 9.17) is 18.3 Å². The maximum Gasteiger partial charge on any atom is 0.261 e. The van der Waals surface area contributed by atoms with E-state index in [1.54, 1.807) is 7.11 Å². The first-order valence-corrected chi connectivity index (χ1v) is 26.2. The van der Waals surface area contributed by atoms with Crippen LogP contribution in [-0.2, 0) is 25.0 Å². The van der Waals surface area contributed by atoms with Gasteiger partial charge in [-0.3, -0.25) is 4.79 Å². The maximum atomic E-state index is 14.0. The van der Waals surface area contributed by atoms with Gasteiger partial charge in [0.15, 0.2) is 13.4 Å². The van der Waals surface area contributed by atoms with Crippen molar-refractivity contribution >= 4 is 43.9 Å². The van der Waals surface area contributed by atoms with Crippen molar-refractivity contribution in [3.8, 4) is 5.75 Å². The summed E-state index contributed by atoms with van der Waals surface area (Å²) in [6.07, 6.45) is -0.0635. The molecule has 57 heavy (non-hydrogen) atoms. The van der Waals surface area contributed by atoms with Gasteiger partial charge in [0.25, 0.3) is 8.32 Å². The molecule has 0 aromatic heterocycles. The number of hydrogen-bond donors (Lipinski definition) is 1. The predicted octanol–water partition coefficient (Wildman–Crippen LogP) is 11.1. The molecule has 0 saturated heterocycles. The lowest BCUT2D eigenvalue weighted by molar-refractivity contribution is -0.113. The number of ether oxygens (including phenoxy) is 2. The molecule has 0 fully saturated rings. The van der Waals surface area contributed by atoms with E-state index in [0.29, 0.717) is 32.5 Å². The Morgan fingerprint density at radius 1 is 0.754 bits per heavy atom. The molecule has 3 atom stereocenters. The lowest BCUT2D eigenvalue weighted by Crippen LogP contribution is -2.68. The Morgan fingerprint density at radius 2 is 1.28 bits per heavy atom. The maximum absolute atomic E-state index is 14.0. The largest absolute Gasteiger partial charge is 0.497 e. The molecule has 3 aromatic rings. The van der Waals surface area contributed by atoms with Crippen molar-refractivity contribution in [3.63, 3.8) is 0 Å². The number of benzene rings is 3. The van der Waals surface area contributed by atoms with Crippen molar-refractivity contribution in [2.45, 2.75) is 155 Å². The van der Waals surface area contributed by atoms with Gasteiger partial charge in [-0.2, -0.15) is 0 Å². The summed E-state index contributed by atoms with van der Waals surface area (Å²) in [5.74, 6) is 0.775. The van der Waals surface area contributed by atoms with Crippen molar-refractivity contribution < 1.29 is 28.2 Å². The van der Waals surface area contributed by atoms with Crippen LogP contribution in [0.3, 0.4) is 0 Å². The van der Waals surface area contributed by atoms with Crippen LogP contribution in [0.4, 0.5) is 0 Å². The SMILES string of the molecule is C=C(CCO[Si](C)(C)C(C)(C)C)C(C)(C)[C@@H](O)C[C@@H](C[C@H](CC(=O)SC(C)(C)C)O[Si](c1ccccc1)(c1ccccc1)C(C)(C)C)OCc1ccc(OC)cc1. The highest BCUT2D eigenvalue weighted by Crippen LogP contribution is 2.41. The second-order valence-corrected chi connectivity index (χ2v) is 30.6. The minimum atomic E-state index is -3.06. The molecule has 0 heterocycles. The van der Waals surface area contributed by atoms with Gasteiger partial charge in [-0.15, -0.1) is 0 Å². The molecule has 0 radical (unpaired) electrons. The molecule has 6 nitrogen and oxygen atoms in total. The zero-order chi connectivity index (χ0) is 42.9. The second-order valence-electron chi connectivity index (χ2n) is 19.6. The van der Waals surface area contributed by atoms with Crippen LogP contribution < -0.4 is 15.1 Å². The van der Waals surface area contributed by atoms with Crippen LogP contribution in [0.5, 0.6) is 5.75 Å². The minimum Gasteiger partial charge on any atom is -0.497 e. The van der Waals surface area contributed by atoms with Crippen molar-refractivity contribution in [2.75, 3.05) is 13.7 Å². The summed E-state index contributed by atoms with van der Waals surface area (Å²) in [7, 11) is -3.34. The lowest BCUT2D eigenvalue weighted by Gasteiger charge is -2.45. The molecule has 0 aliphatic carbocycles. The first-order valence-electron chi connectivity index (χ1n) is 20.6. The summed E-state index contributed by atoms with van der Waals surface area (Å²) in [4.78, 5) is 14.0. The first kappa shape index (κ1) is 48.9. The van der Waals surface area contributed by atoms with Crippen LogP contribution in [0.1, 0.15) is 107 Å². The lowest BCUT2D eigenvalue weighted by atomic mass is 9.76. The molecule has 0 saturated carbocycles. The van der Waals surface area contributed by atoms with Crippen LogP contribution in [0, 0.1) is 5.41 Å². The van der Waals surface area contributed by atoms with E-state index in [-0.39, 0.29) is 26.4 Å². The zero-order valence-electron chi connectivity index (χ0n) is 37.7. The quantitative estimate of drug-likeness (QED) is 0.0897. The van der Waals surface area contributed by atoms with Crippen molar-refractivity contribution in [1.29, 1.82) is 0 Å². The summed E-state index contributed by atoms with van der Waals surface area (Å²) in [6.45, 7) is 33.7. The highest BCUT2D eigenvalue weighted by Gasteiger charge is 2.52. The number of methoxy groups -OCH3 is 1. The third-order valence-electron chi connectivity index (χ3n) is 11.6. The fourth-order valence-electron chi connectivity index (χ4n) is 6.89. The summed E-state index contributed by atoms with van der Waals surface area (Å²) in [5.41, 5.74) is 1.31. The average molecular weight is 835 g/mol. The smallest absolute Gasteiger partial charge is 0.261 e. The Morgan fingerprint density at radius 3 is 1.74 bits per heavy atom. The topological polar surface area (TPSA) is 74.2 Å². The van der Waals surface area contributed by atoms with Crippen LogP contribution in [0.25, 0.3) is 0 Å². The molecule has 0 amide bonds. The van der Waals surface area contributed by atoms with Crippen LogP contribution in [-0.4, -0.2) is 63.6 Å². The van der Waals surface area contributed by atoms with Gasteiger partial charge >= 0.3 is 0 Å². The Bertz CT molecular complexity index is 1650. The molecule has 316 valence electrons. The Kier molecular flexibility index (Phi) is 17.3. The molecule has 0 unspecified atom stereocenters. The number of rotatable bonds is 20. The second kappa shape index (κ2) is 20.2. The van der Waals surface area contributed by atoms with Gasteiger partial charge in [-0.1, -0.05) is 173 Å². The summed E-state index contributed by atoms with van der Waals surface area (Å²) in [5, 5.41) is 14.3. The van der Waals surface area contributed by atoms with Gasteiger partial charge < -0.3 is 23.4 Å². The fraction of sp³-hybridized carbons (Fsp3) is 0.562. The van der Waals surface area contributed by atoms with E-state index in [9.17, 15) is 9.90 Å². The minimum absolute atomic E-state index is 0.0790. The molecular formula is C48H74O6SSi2. The summed E-state index contributed by atoms with van der Waals surface area (Å²) >= 11 is 1.36. The number of aliphatic hydroxyl groups is 1. The summed E-state index contributed by atoms with van der Waals surface area (Å²) < 4.78 is 26.2. The van der Waals surface area contributed by atoms with Crippen LogP contribution >= 0.6 is 11.8 Å². The third kappa shape index (κ3) is 13.8. The Balaban J connectivity index is 2.06. The molecule has 0 spiro atoms. The van der Waals surface area contributed by atoms with E-state index >= 15 is 0 Å². The van der Waals surface area contributed by atoms with E-state index in [1.807, 2.05) is 36.4 Å². The molecule has 3 rings (SSSR count). The highest BCUT2D eigenvalue weighted by molar-refractivity contribution is 8.14. The van der Waals surface area contributed by atoms with Crippen LogP contribution in [0.2, 0.25) is 23.2 Å². The normalized spacial score (nSPS) is 14.9. The third-order valence-corrected chi connectivity index (χ3v) is 22.3. The van der Waals surface area contributed by atoms with Gasteiger partial charge in [-0.05, 0) is 64.1 Å². The average Bonchev–Trinajstić information content (AvgIpc) is 3.11. The van der Waals surface area contributed by atoms with E-state index in [1.165, 1.54) is 11.8 Å². The van der Waals surface area contributed by atoms with Gasteiger partial charge in [0, 0.05) is 29.6 Å². The monoisotopic (exact) mass is 834 g/mol. The molecule has 0 aliphatic rings. The molecular weight excluding hydrogens is 761 g/mol. The number of hydrogen-bond acceptors (Lipinski definition) is 7. The van der Waals surface area contributed by atoms with Gasteiger partial charge in [-0.25, -0.2) is 0 Å². The zero-order valence-corrected chi connectivity index (χ0v) is 40.5. The van der Waals surface area contributed by atoms with Gasteiger partial charge in [0.05, 0.1) is 32.0 Å². The first-order chi connectivity index (χ1) is 26.3. The molecule has 0 bridgehead atoms. The molecule has 3 aromatic carbocycles. The van der Waals surface area contributed by atoms with E-state index in [0.717, 1.165) is 27.3 Å².